The molecule has 0 saturated carbocycles. The van der Waals surface area contributed by atoms with Gasteiger partial charge >= 0.3 is 5.97 Å². The normalized spacial score (nSPS) is 14.1. The van der Waals surface area contributed by atoms with Crippen LogP contribution in [0.3, 0.4) is 0 Å². The predicted octanol–water partition coefficient (Wildman–Crippen LogP) is 2.36. The number of para-hydroxylation sites is 2. The first-order chi connectivity index (χ1) is 13.4. The largest absolute Gasteiger partial charge is 0.482 e. The first kappa shape index (κ1) is 19.4. The van der Waals surface area contributed by atoms with Gasteiger partial charge in [-0.1, -0.05) is 30.3 Å². The van der Waals surface area contributed by atoms with Gasteiger partial charge in [-0.25, -0.2) is 4.79 Å². The number of benzene rings is 2. The second-order valence-corrected chi connectivity index (χ2v) is 6.68. The minimum absolute atomic E-state index is 0.0191. The average Bonchev–Trinajstić information content (AvgIpc) is 2.67. The molecule has 146 valence electrons. The molecule has 1 heterocycles. The van der Waals surface area contributed by atoms with Crippen LogP contribution in [0.4, 0.5) is 5.69 Å². The van der Waals surface area contributed by atoms with Gasteiger partial charge in [0.05, 0.1) is 5.69 Å². The number of carbonyl (C=O) groups is 3. The minimum Gasteiger partial charge on any atom is -0.482 e. The lowest BCUT2D eigenvalue weighted by Crippen LogP contribution is -2.42. The second-order valence-electron chi connectivity index (χ2n) is 6.68. The van der Waals surface area contributed by atoms with E-state index in [0.29, 0.717) is 17.0 Å². The van der Waals surface area contributed by atoms with Crippen LogP contribution in [0.1, 0.15) is 29.2 Å². The summed E-state index contributed by atoms with van der Waals surface area (Å²) in [5, 5.41) is 12.2. The molecule has 1 unspecified atom stereocenters. The van der Waals surface area contributed by atoms with Crippen molar-refractivity contribution in [2.24, 2.45) is 0 Å². The number of ether oxygens (including phenoxy) is 1. The Balaban J connectivity index is 1.70. The van der Waals surface area contributed by atoms with Crippen molar-refractivity contribution in [1.82, 2.24) is 5.32 Å². The predicted molar refractivity (Wildman–Crippen MR) is 103 cm³/mol. The number of hydrogen-bond donors (Lipinski definition) is 2. The molecule has 0 spiro atoms. The first-order valence-electron chi connectivity index (χ1n) is 8.99. The standard InChI is InChI=1S/C21H22N2O5/c1-13-6-5-7-15(14(13)2)20(21(26)27)22-18(24)10-11-23-16-8-3-4-9-17(16)28-12-19(23)25/h3-9,20H,10-12H2,1-2H3,(H,22,24)(H,26,27). The highest BCUT2D eigenvalue weighted by molar-refractivity contribution is 5.98. The highest BCUT2D eigenvalue weighted by Crippen LogP contribution is 2.31. The summed E-state index contributed by atoms with van der Waals surface area (Å²) in [7, 11) is 0. The van der Waals surface area contributed by atoms with Crippen molar-refractivity contribution >= 4 is 23.5 Å². The maximum absolute atomic E-state index is 12.4. The Labute approximate surface area is 162 Å². The van der Waals surface area contributed by atoms with Crippen molar-refractivity contribution in [3.8, 4) is 5.75 Å². The number of amides is 2. The lowest BCUT2D eigenvalue weighted by atomic mass is 9.97. The van der Waals surface area contributed by atoms with E-state index >= 15 is 0 Å². The molecule has 0 bridgehead atoms. The third kappa shape index (κ3) is 3.98. The Morgan fingerprint density at radius 3 is 2.68 bits per heavy atom. The number of rotatable bonds is 6. The molecule has 2 amide bonds. The van der Waals surface area contributed by atoms with Gasteiger partial charge in [-0.3, -0.25) is 9.59 Å². The number of carboxylic acid groups (broad SMARTS) is 1. The number of carboxylic acids is 1. The second kappa shape index (κ2) is 8.12. The van der Waals surface area contributed by atoms with Crippen LogP contribution in [0, 0.1) is 13.8 Å². The zero-order chi connectivity index (χ0) is 20.3. The Hall–Kier alpha value is -3.35. The molecule has 0 aromatic heterocycles. The molecular formula is C21H22N2O5. The third-order valence-electron chi connectivity index (χ3n) is 4.88. The summed E-state index contributed by atoms with van der Waals surface area (Å²) < 4.78 is 5.38. The van der Waals surface area contributed by atoms with Gasteiger partial charge in [0.1, 0.15) is 5.75 Å². The van der Waals surface area contributed by atoms with E-state index in [-0.39, 0.29) is 25.5 Å². The highest BCUT2D eigenvalue weighted by Gasteiger charge is 2.27. The van der Waals surface area contributed by atoms with Gasteiger partial charge in [0, 0.05) is 13.0 Å². The highest BCUT2D eigenvalue weighted by atomic mass is 16.5. The number of nitrogens with one attached hydrogen (secondary N) is 1. The molecule has 1 aliphatic rings. The first-order valence-corrected chi connectivity index (χ1v) is 8.99. The number of carbonyl (C=O) groups excluding carboxylic acids is 2. The summed E-state index contributed by atoms with van der Waals surface area (Å²) >= 11 is 0. The van der Waals surface area contributed by atoms with Crippen molar-refractivity contribution in [2.75, 3.05) is 18.1 Å². The van der Waals surface area contributed by atoms with Gasteiger partial charge < -0.3 is 20.1 Å². The van der Waals surface area contributed by atoms with Crippen LogP contribution in [0.2, 0.25) is 0 Å². The molecule has 3 rings (SSSR count). The van der Waals surface area contributed by atoms with Gasteiger partial charge in [0.2, 0.25) is 5.91 Å². The zero-order valence-corrected chi connectivity index (χ0v) is 15.8. The molecule has 2 N–H and O–H groups in total. The maximum Gasteiger partial charge on any atom is 0.330 e. The van der Waals surface area contributed by atoms with Crippen LogP contribution in [-0.2, 0) is 14.4 Å². The topological polar surface area (TPSA) is 95.9 Å². The van der Waals surface area contributed by atoms with Crippen molar-refractivity contribution in [3.63, 3.8) is 0 Å². The number of hydrogen-bond acceptors (Lipinski definition) is 4. The average molecular weight is 382 g/mol. The molecule has 0 radical (unpaired) electrons. The fourth-order valence-electron chi connectivity index (χ4n) is 3.20. The van der Waals surface area contributed by atoms with E-state index in [0.717, 1.165) is 11.1 Å². The lowest BCUT2D eigenvalue weighted by Gasteiger charge is -2.29. The van der Waals surface area contributed by atoms with Gasteiger partial charge in [-0.15, -0.1) is 0 Å². The van der Waals surface area contributed by atoms with Crippen LogP contribution in [0.15, 0.2) is 42.5 Å². The van der Waals surface area contributed by atoms with Gasteiger partial charge in [-0.2, -0.15) is 0 Å². The number of fused-ring (bicyclic) bond motifs is 1. The Morgan fingerprint density at radius 2 is 1.93 bits per heavy atom. The number of aryl methyl sites for hydroxylation is 1. The van der Waals surface area contributed by atoms with Gasteiger partial charge in [-0.05, 0) is 42.7 Å². The van der Waals surface area contributed by atoms with Crippen molar-refractivity contribution in [2.45, 2.75) is 26.3 Å². The molecule has 28 heavy (non-hydrogen) atoms. The minimum atomic E-state index is -1.14. The van der Waals surface area contributed by atoms with Gasteiger partial charge in [0.25, 0.3) is 5.91 Å². The van der Waals surface area contributed by atoms with Crippen molar-refractivity contribution in [3.05, 3.63) is 59.2 Å². The number of nitrogens with zero attached hydrogens (tertiary/aromatic N) is 1. The van der Waals surface area contributed by atoms with E-state index in [2.05, 4.69) is 5.32 Å². The summed E-state index contributed by atoms with van der Waals surface area (Å²) in [5.74, 6) is -1.22. The third-order valence-corrected chi connectivity index (χ3v) is 4.88. The molecule has 0 saturated heterocycles. The summed E-state index contributed by atoms with van der Waals surface area (Å²) in [5.41, 5.74) is 2.94. The van der Waals surface area contributed by atoms with Crippen molar-refractivity contribution in [1.29, 1.82) is 0 Å². The Kier molecular flexibility index (Phi) is 5.63. The van der Waals surface area contributed by atoms with E-state index < -0.39 is 17.9 Å². The smallest absolute Gasteiger partial charge is 0.330 e. The number of aliphatic carboxylic acids is 1. The lowest BCUT2D eigenvalue weighted by molar-refractivity contribution is -0.142. The molecule has 2 aromatic carbocycles. The quantitative estimate of drug-likeness (QED) is 0.800. The number of anilines is 1. The van der Waals surface area contributed by atoms with E-state index in [4.69, 9.17) is 4.74 Å². The van der Waals surface area contributed by atoms with Gasteiger partial charge in [0.15, 0.2) is 12.6 Å². The monoisotopic (exact) mass is 382 g/mol. The Bertz CT molecular complexity index is 925. The Morgan fingerprint density at radius 1 is 1.18 bits per heavy atom. The SMILES string of the molecule is Cc1cccc(C(NC(=O)CCN2C(=O)COc3ccccc32)C(=O)O)c1C. The molecule has 0 fully saturated rings. The van der Waals surface area contributed by atoms with E-state index in [1.54, 1.807) is 36.4 Å². The molecule has 7 heteroatoms. The molecule has 0 aliphatic carbocycles. The summed E-state index contributed by atoms with van der Waals surface area (Å²) in [6.07, 6.45) is -0.0191. The fraction of sp³-hybridized carbons (Fsp3) is 0.286. The van der Waals surface area contributed by atoms with E-state index in [9.17, 15) is 19.5 Å². The molecular weight excluding hydrogens is 360 g/mol. The van der Waals surface area contributed by atoms with Crippen LogP contribution in [0.25, 0.3) is 0 Å². The molecule has 1 aliphatic heterocycles. The molecule has 7 nitrogen and oxygen atoms in total. The molecule has 2 aromatic rings. The maximum atomic E-state index is 12.4. The zero-order valence-electron chi connectivity index (χ0n) is 15.8. The molecule has 1 atom stereocenters. The van der Waals surface area contributed by atoms with Crippen molar-refractivity contribution < 1.29 is 24.2 Å². The van der Waals surface area contributed by atoms with Crippen LogP contribution >= 0.6 is 0 Å². The fourth-order valence-corrected chi connectivity index (χ4v) is 3.20. The van der Waals surface area contributed by atoms with E-state index in [1.165, 1.54) is 4.90 Å². The van der Waals surface area contributed by atoms with Crippen LogP contribution in [-0.4, -0.2) is 36.0 Å². The summed E-state index contributed by atoms with van der Waals surface area (Å²) in [6.45, 7) is 3.78. The summed E-state index contributed by atoms with van der Waals surface area (Å²) in [6, 6.07) is 11.3. The van der Waals surface area contributed by atoms with Crippen LogP contribution in [0.5, 0.6) is 5.75 Å². The van der Waals surface area contributed by atoms with E-state index in [1.807, 2.05) is 19.9 Å². The summed E-state index contributed by atoms with van der Waals surface area (Å²) in [4.78, 5) is 37.8. The van der Waals surface area contributed by atoms with Crippen LogP contribution < -0.4 is 15.0 Å².